The summed E-state index contributed by atoms with van der Waals surface area (Å²) in [6, 6.07) is 9.30. The Morgan fingerprint density at radius 3 is 2.56 bits per heavy atom. The van der Waals surface area contributed by atoms with E-state index in [4.69, 9.17) is 4.74 Å². The van der Waals surface area contributed by atoms with E-state index in [0.717, 1.165) is 18.2 Å². The molecule has 1 N–H and O–H groups in total. The molecule has 2 nitrogen and oxygen atoms in total. The number of hydrogen-bond donors (Lipinski definition) is 1. The molecule has 0 saturated heterocycles. The van der Waals surface area contributed by atoms with E-state index in [1.54, 1.807) is 7.11 Å². The molecule has 1 aromatic carbocycles. The highest BCUT2D eigenvalue weighted by molar-refractivity contribution is 5.30. The fourth-order valence-corrected chi connectivity index (χ4v) is 3.10. The molecule has 1 aromatic rings. The van der Waals surface area contributed by atoms with Gasteiger partial charge < -0.3 is 10.1 Å². The van der Waals surface area contributed by atoms with Gasteiger partial charge in [-0.25, -0.2) is 0 Å². The first-order valence-electron chi connectivity index (χ1n) is 7.13. The molecular formula is C16H25NO. The second-order valence-corrected chi connectivity index (χ2v) is 5.38. The van der Waals surface area contributed by atoms with Gasteiger partial charge in [-0.1, -0.05) is 26.0 Å². The topological polar surface area (TPSA) is 21.3 Å². The maximum Gasteiger partial charge on any atom is 0.118 e. The molecule has 2 rings (SSSR count). The first-order chi connectivity index (χ1) is 8.76. The number of nitrogens with one attached hydrogen (secondary N) is 1. The molecule has 3 atom stereocenters. The monoisotopic (exact) mass is 247 g/mol. The summed E-state index contributed by atoms with van der Waals surface area (Å²) < 4.78 is 5.22. The van der Waals surface area contributed by atoms with Crippen LogP contribution in [0, 0.1) is 5.92 Å². The second kappa shape index (κ2) is 6.24. The van der Waals surface area contributed by atoms with Crippen molar-refractivity contribution in [3.05, 3.63) is 29.8 Å². The molecule has 0 heterocycles. The zero-order chi connectivity index (χ0) is 13.0. The Morgan fingerprint density at radius 1 is 1.22 bits per heavy atom. The predicted molar refractivity (Wildman–Crippen MR) is 76.2 cm³/mol. The van der Waals surface area contributed by atoms with Gasteiger partial charge in [0.25, 0.3) is 0 Å². The van der Waals surface area contributed by atoms with Crippen molar-refractivity contribution in [1.82, 2.24) is 5.32 Å². The normalized spacial score (nSPS) is 27.4. The number of benzene rings is 1. The third kappa shape index (κ3) is 2.86. The second-order valence-electron chi connectivity index (χ2n) is 5.38. The van der Waals surface area contributed by atoms with E-state index >= 15 is 0 Å². The largest absolute Gasteiger partial charge is 0.497 e. The van der Waals surface area contributed by atoms with E-state index in [9.17, 15) is 0 Å². The molecule has 0 bridgehead atoms. The predicted octanol–water partition coefficient (Wildman–Crippen LogP) is 3.58. The summed E-state index contributed by atoms with van der Waals surface area (Å²) in [7, 11) is 1.72. The van der Waals surface area contributed by atoms with Gasteiger partial charge in [-0.3, -0.25) is 0 Å². The van der Waals surface area contributed by atoms with Crippen molar-refractivity contribution in [2.45, 2.75) is 45.1 Å². The Bertz CT molecular complexity index is 360. The number of hydrogen-bond acceptors (Lipinski definition) is 2. The van der Waals surface area contributed by atoms with Gasteiger partial charge in [0.2, 0.25) is 0 Å². The van der Waals surface area contributed by atoms with Crippen LogP contribution in [0.3, 0.4) is 0 Å². The Morgan fingerprint density at radius 2 is 1.94 bits per heavy atom. The Hall–Kier alpha value is -1.02. The summed E-state index contributed by atoms with van der Waals surface area (Å²) in [5.74, 6) is 2.38. The zero-order valence-electron chi connectivity index (χ0n) is 11.8. The molecule has 1 fully saturated rings. The molecule has 0 spiro atoms. The standard InChI is InChI=1S/C16H25NO/c1-4-11-17-16-10-9-15(12(16)2)13-5-7-14(18-3)8-6-13/h5-8,12,15-17H,4,9-11H2,1-3H3. The smallest absolute Gasteiger partial charge is 0.118 e. The molecule has 100 valence electrons. The lowest BCUT2D eigenvalue weighted by atomic mass is 9.89. The van der Waals surface area contributed by atoms with Gasteiger partial charge in [0, 0.05) is 6.04 Å². The van der Waals surface area contributed by atoms with Crippen LogP contribution < -0.4 is 10.1 Å². The molecule has 0 amide bonds. The molecule has 2 heteroatoms. The first kappa shape index (κ1) is 13.4. The van der Waals surface area contributed by atoms with Crippen LogP contribution in [0.4, 0.5) is 0 Å². The molecule has 0 aliphatic heterocycles. The van der Waals surface area contributed by atoms with Crippen LogP contribution in [-0.4, -0.2) is 19.7 Å². The fraction of sp³-hybridized carbons (Fsp3) is 0.625. The van der Waals surface area contributed by atoms with Gasteiger partial charge in [0.15, 0.2) is 0 Å². The molecule has 1 aliphatic carbocycles. The Kier molecular flexibility index (Phi) is 4.65. The average molecular weight is 247 g/mol. The lowest BCUT2D eigenvalue weighted by Gasteiger charge is -2.22. The van der Waals surface area contributed by atoms with E-state index in [2.05, 4.69) is 43.4 Å². The van der Waals surface area contributed by atoms with Gasteiger partial charge in [0.1, 0.15) is 5.75 Å². The molecule has 1 aliphatic rings. The van der Waals surface area contributed by atoms with Gasteiger partial charge >= 0.3 is 0 Å². The van der Waals surface area contributed by atoms with Crippen molar-refractivity contribution in [3.63, 3.8) is 0 Å². The molecule has 3 unspecified atom stereocenters. The van der Waals surface area contributed by atoms with Crippen LogP contribution in [0.2, 0.25) is 0 Å². The zero-order valence-corrected chi connectivity index (χ0v) is 11.8. The molecule has 0 aromatic heterocycles. The average Bonchev–Trinajstić information content (AvgIpc) is 2.78. The van der Waals surface area contributed by atoms with Crippen LogP contribution in [-0.2, 0) is 0 Å². The number of ether oxygens (including phenoxy) is 1. The number of rotatable bonds is 5. The van der Waals surface area contributed by atoms with Crippen molar-refractivity contribution in [1.29, 1.82) is 0 Å². The van der Waals surface area contributed by atoms with E-state index in [1.807, 2.05) is 0 Å². The van der Waals surface area contributed by atoms with Crippen LogP contribution in [0.5, 0.6) is 5.75 Å². The summed E-state index contributed by atoms with van der Waals surface area (Å²) in [5.41, 5.74) is 1.46. The SMILES string of the molecule is CCCNC1CCC(c2ccc(OC)cc2)C1C. The highest BCUT2D eigenvalue weighted by atomic mass is 16.5. The summed E-state index contributed by atoms with van der Waals surface area (Å²) in [6.45, 7) is 5.76. The molecule has 0 radical (unpaired) electrons. The van der Waals surface area contributed by atoms with Gasteiger partial charge in [-0.2, -0.15) is 0 Å². The van der Waals surface area contributed by atoms with Crippen molar-refractivity contribution >= 4 is 0 Å². The van der Waals surface area contributed by atoms with Crippen LogP contribution in [0.1, 0.15) is 44.6 Å². The molecule has 18 heavy (non-hydrogen) atoms. The van der Waals surface area contributed by atoms with E-state index in [0.29, 0.717) is 12.0 Å². The highest BCUT2D eigenvalue weighted by Crippen LogP contribution is 2.39. The lowest BCUT2D eigenvalue weighted by Crippen LogP contribution is -2.32. The third-order valence-electron chi connectivity index (χ3n) is 4.26. The van der Waals surface area contributed by atoms with E-state index in [-0.39, 0.29) is 0 Å². The van der Waals surface area contributed by atoms with Crippen LogP contribution in [0.25, 0.3) is 0 Å². The summed E-state index contributed by atoms with van der Waals surface area (Å²) in [5, 5.41) is 3.68. The highest BCUT2D eigenvalue weighted by Gasteiger charge is 2.32. The number of methoxy groups -OCH3 is 1. The maximum atomic E-state index is 5.22. The summed E-state index contributed by atoms with van der Waals surface area (Å²) in [4.78, 5) is 0. The van der Waals surface area contributed by atoms with Crippen LogP contribution in [0.15, 0.2) is 24.3 Å². The fourth-order valence-electron chi connectivity index (χ4n) is 3.10. The minimum absolute atomic E-state index is 0.692. The minimum Gasteiger partial charge on any atom is -0.497 e. The summed E-state index contributed by atoms with van der Waals surface area (Å²) >= 11 is 0. The molecule has 1 saturated carbocycles. The minimum atomic E-state index is 0.692. The lowest BCUT2D eigenvalue weighted by molar-refractivity contribution is 0.403. The van der Waals surface area contributed by atoms with Gasteiger partial charge in [-0.05, 0) is 55.3 Å². The first-order valence-corrected chi connectivity index (χ1v) is 7.13. The van der Waals surface area contributed by atoms with Gasteiger partial charge in [0.05, 0.1) is 7.11 Å². The Labute approximate surface area is 111 Å². The van der Waals surface area contributed by atoms with Crippen molar-refractivity contribution in [2.75, 3.05) is 13.7 Å². The van der Waals surface area contributed by atoms with Crippen molar-refractivity contribution in [3.8, 4) is 5.75 Å². The Balaban J connectivity index is 2.00. The van der Waals surface area contributed by atoms with Crippen molar-refractivity contribution in [2.24, 2.45) is 5.92 Å². The maximum absolute atomic E-state index is 5.22. The third-order valence-corrected chi connectivity index (χ3v) is 4.26. The van der Waals surface area contributed by atoms with E-state index in [1.165, 1.54) is 24.8 Å². The van der Waals surface area contributed by atoms with E-state index < -0.39 is 0 Å². The molecular weight excluding hydrogens is 222 g/mol. The van der Waals surface area contributed by atoms with Crippen molar-refractivity contribution < 1.29 is 4.74 Å². The van der Waals surface area contributed by atoms with Gasteiger partial charge in [-0.15, -0.1) is 0 Å². The summed E-state index contributed by atoms with van der Waals surface area (Å²) in [6.07, 6.45) is 3.82. The van der Waals surface area contributed by atoms with Crippen LogP contribution >= 0.6 is 0 Å². The quantitative estimate of drug-likeness (QED) is 0.858.